The lowest BCUT2D eigenvalue weighted by atomic mass is 9.82. The zero-order chi connectivity index (χ0) is 20.0. The molecule has 0 aliphatic carbocycles. The lowest BCUT2D eigenvalue weighted by Crippen LogP contribution is -2.22. The van der Waals surface area contributed by atoms with Gasteiger partial charge in [-0.25, -0.2) is 14.5 Å². The predicted molar refractivity (Wildman–Crippen MR) is 106 cm³/mol. The average molecular weight is 383 g/mol. The van der Waals surface area contributed by atoms with E-state index < -0.39 is 0 Å². The second kappa shape index (κ2) is 6.63. The van der Waals surface area contributed by atoms with Gasteiger partial charge in [-0.3, -0.25) is 9.78 Å². The second-order valence-electron chi connectivity index (χ2n) is 6.85. The van der Waals surface area contributed by atoms with E-state index in [0.29, 0.717) is 34.4 Å². The van der Waals surface area contributed by atoms with Gasteiger partial charge in [-0.1, -0.05) is 36.4 Å². The fourth-order valence-electron chi connectivity index (χ4n) is 3.77. The normalized spacial score (nSPS) is 15.9. The summed E-state index contributed by atoms with van der Waals surface area (Å²) in [4.78, 5) is 26.1. The molecule has 1 aliphatic heterocycles. The highest BCUT2D eigenvalue weighted by Crippen LogP contribution is 2.44. The van der Waals surface area contributed by atoms with Crippen molar-refractivity contribution in [2.24, 2.45) is 0 Å². The van der Waals surface area contributed by atoms with Crippen molar-refractivity contribution in [3.8, 4) is 17.4 Å². The van der Waals surface area contributed by atoms with Gasteiger partial charge in [-0.05, 0) is 31.5 Å². The molecule has 0 saturated heterocycles. The minimum Gasteiger partial charge on any atom is -0.443 e. The van der Waals surface area contributed by atoms with Crippen molar-refractivity contribution in [2.45, 2.75) is 19.8 Å². The Morgan fingerprint density at radius 2 is 1.86 bits per heavy atom. The standard InChI is InChI=1S/C22H17N5O2/c1-13(28)17-14(2)29-22-19(18(17)15-8-4-3-5-9-15)21-25-20(26-27(21)12-24-22)16-10-6-7-11-23-16/h3-12,18H,1-2H3. The highest BCUT2D eigenvalue weighted by molar-refractivity contribution is 5.97. The molecule has 0 spiro atoms. The van der Waals surface area contributed by atoms with Crippen LogP contribution in [0.1, 0.15) is 30.9 Å². The van der Waals surface area contributed by atoms with Gasteiger partial charge in [0.2, 0.25) is 11.7 Å². The van der Waals surface area contributed by atoms with Crippen molar-refractivity contribution in [3.05, 3.63) is 83.5 Å². The van der Waals surface area contributed by atoms with Crippen molar-refractivity contribution < 1.29 is 9.53 Å². The number of hydrogen-bond acceptors (Lipinski definition) is 6. The second-order valence-corrected chi connectivity index (χ2v) is 6.85. The molecule has 142 valence electrons. The SMILES string of the molecule is CC(=O)C1=C(C)Oc2ncn3nc(-c4ccccn4)nc3c2C1c1ccccc1. The molecule has 0 fully saturated rings. The minimum atomic E-state index is -0.338. The zero-order valence-corrected chi connectivity index (χ0v) is 15.9. The van der Waals surface area contributed by atoms with Gasteiger partial charge in [0.25, 0.3) is 0 Å². The average Bonchev–Trinajstić information content (AvgIpc) is 3.18. The van der Waals surface area contributed by atoms with Gasteiger partial charge >= 0.3 is 0 Å². The summed E-state index contributed by atoms with van der Waals surface area (Å²) in [5.41, 5.74) is 3.55. The molecule has 0 bridgehead atoms. The summed E-state index contributed by atoms with van der Waals surface area (Å²) in [5.74, 6) is 1.10. The first-order valence-electron chi connectivity index (χ1n) is 9.24. The largest absolute Gasteiger partial charge is 0.443 e. The molecule has 0 radical (unpaired) electrons. The van der Waals surface area contributed by atoms with Crippen LogP contribution in [0.5, 0.6) is 5.88 Å². The van der Waals surface area contributed by atoms with Crippen LogP contribution >= 0.6 is 0 Å². The van der Waals surface area contributed by atoms with E-state index in [1.807, 2.05) is 48.5 Å². The smallest absolute Gasteiger partial charge is 0.228 e. The molecule has 1 aromatic carbocycles. The number of allylic oxidation sites excluding steroid dienone is 2. The Balaban J connectivity index is 1.79. The number of ether oxygens (including phenoxy) is 1. The van der Waals surface area contributed by atoms with Crippen molar-refractivity contribution in [1.82, 2.24) is 24.6 Å². The summed E-state index contributed by atoms with van der Waals surface area (Å²) in [5, 5.41) is 4.53. The molecular weight excluding hydrogens is 366 g/mol. The maximum atomic E-state index is 12.6. The number of ketones is 1. The molecule has 4 aromatic rings. The van der Waals surface area contributed by atoms with Crippen LogP contribution in [0.3, 0.4) is 0 Å². The fraction of sp³-hybridized carbons (Fsp3) is 0.136. The molecule has 1 unspecified atom stereocenters. The van der Waals surface area contributed by atoms with Gasteiger partial charge in [0, 0.05) is 17.7 Å². The fourth-order valence-corrected chi connectivity index (χ4v) is 3.77. The van der Waals surface area contributed by atoms with Crippen LogP contribution in [0, 0.1) is 0 Å². The number of pyridine rings is 1. The van der Waals surface area contributed by atoms with Crippen LogP contribution < -0.4 is 4.74 Å². The molecule has 7 nitrogen and oxygen atoms in total. The summed E-state index contributed by atoms with van der Waals surface area (Å²) in [6, 6.07) is 15.4. The number of carbonyl (C=O) groups is 1. The molecule has 7 heteroatoms. The van der Waals surface area contributed by atoms with Crippen LogP contribution in [0.4, 0.5) is 0 Å². The number of benzene rings is 1. The maximum absolute atomic E-state index is 12.6. The van der Waals surface area contributed by atoms with E-state index in [-0.39, 0.29) is 11.7 Å². The molecule has 5 rings (SSSR count). The lowest BCUT2D eigenvalue weighted by molar-refractivity contribution is -0.114. The van der Waals surface area contributed by atoms with E-state index in [4.69, 9.17) is 9.72 Å². The Bertz CT molecular complexity index is 1260. The lowest BCUT2D eigenvalue weighted by Gasteiger charge is -2.28. The van der Waals surface area contributed by atoms with Gasteiger partial charge in [0.15, 0.2) is 11.4 Å². The minimum absolute atomic E-state index is 0.0477. The molecule has 29 heavy (non-hydrogen) atoms. The van der Waals surface area contributed by atoms with Crippen LogP contribution in [0.15, 0.2) is 72.4 Å². The van der Waals surface area contributed by atoms with Crippen LogP contribution in [-0.4, -0.2) is 30.3 Å². The number of Topliss-reactive ketones (excluding diaryl/α,β-unsaturated/α-hetero) is 1. The molecule has 0 saturated carbocycles. The maximum Gasteiger partial charge on any atom is 0.228 e. The summed E-state index contributed by atoms with van der Waals surface area (Å²) >= 11 is 0. The zero-order valence-electron chi connectivity index (χ0n) is 15.9. The molecule has 0 N–H and O–H groups in total. The molecule has 3 aromatic heterocycles. The van der Waals surface area contributed by atoms with Gasteiger partial charge in [0.1, 0.15) is 17.8 Å². The Morgan fingerprint density at radius 3 is 2.59 bits per heavy atom. The Kier molecular flexibility index (Phi) is 3.94. The first kappa shape index (κ1) is 17.2. The first-order valence-corrected chi connectivity index (χ1v) is 9.24. The molecule has 4 heterocycles. The molecule has 1 aliphatic rings. The molecule has 1 atom stereocenters. The monoisotopic (exact) mass is 383 g/mol. The number of aromatic nitrogens is 5. The van der Waals surface area contributed by atoms with Gasteiger partial charge < -0.3 is 4.74 Å². The van der Waals surface area contributed by atoms with E-state index in [1.54, 1.807) is 30.9 Å². The van der Waals surface area contributed by atoms with Crippen molar-refractivity contribution >= 4 is 11.4 Å². The Hall–Kier alpha value is -3.87. The highest BCUT2D eigenvalue weighted by Gasteiger charge is 2.35. The van der Waals surface area contributed by atoms with E-state index >= 15 is 0 Å². The van der Waals surface area contributed by atoms with Crippen LogP contribution in [0.25, 0.3) is 17.2 Å². The van der Waals surface area contributed by atoms with Crippen LogP contribution in [0.2, 0.25) is 0 Å². The number of hydrogen-bond donors (Lipinski definition) is 0. The van der Waals surface area contributed by atoms with E-state index in [1.165, 1.54) is 0 Å². The molecular formula is C22H17N5O2. The van der Waals surface area contributed by atoms with Gasteiger partial charge in [0.05, 0.1) is 5.56 Å². The summed E-state index contributed by atoms with van der Waals surface area (Å²) < 4.78 is 7.54. The Morgan fingerprint density at radius 1 is 1.07 bits per heavy atom. The highest BCUT2D eigenvalue weighted by atomic mass is 16.5. The van der Waals surface area contributed by atoms with Gasteiger partial charge in [-0.15, -0.1) is 5.10 Å². The summed E-state index contributed by atoms with van der Waals surface area (Å²) in [6.07, 6.45) is 3.27. The van der Waals surface area contributed by atoms with Crippen molar-refractivity contribution in [2.75, 3.05) is 0 Å². The third-order valence-electron chi connectivity index (χ3n) is 5.00. The van der Waals surface area contributed by atoms with E-state index in [2.05, 4.69) is 15.1 Å². The van der Waals surface area contributed by atoms with Gasteiger partial charge in [-0.2, -0.15) is 0 Å². The molecule has 0 amide bonds. The third kappa shape index (κ3) is 2.79. The predicted octanol–water partition coefficient (Wildman–Crippen LogP) is 3.57. The first-order chi connectivity index (χ1) is 14.1. The van der Waals surface area contributed by atoms with E-state index in [0.717, 1.165) is 11.1 Å². The number of fused-ring (bicyclic) bond motifs is 3. The number of nitrogens with zero attached hydrogens (tertiary/aromatic N) is 5. The summed E-state index contributed by atoms with van der Waals surface area (Å²) in [7, 11) is 0. The van der Waals surface area contributed by atoms with Crippen molar-refractivity contribution in [1.29, 1.82) is 0 Å². The van der Waals surface area contributed by atoms with Crippen LogP contribution in [-0.2, 0) is 4.79 Å². The Labute approximate surface area is 166 Å². The number of carbonyl (C=O) groups excluding carboxylic acids is 1. The number of rotatable bonds is 3. The summed E-state index contributed by atoms with van der Waals surface area (Å²) in [6.45, 7) is 3.35. The van der Waals surface area contributed by atoms with E-state index in [9.17, 15) is 4.79 Å². The quantitative estimate of drug-likeness (QED) is 0.538. The topological polar surface area (TPSA) is 82.3 Å². The van der Waals surface area contributed by atoms with Crippen molar-refractivity contribution in [3.63, 3.8) is 0 Å². The third-order valence-corrected chi connectivity index (χ3v) is 5.00.